The minimum absolute atomic E-state index is 0.156. The average Bonchev–Trinajstić information content (AvgIpc) is 2.72. The third-order valence-corrected chi connectivity index (χ3v) is 4.62. The van der Waals surface area contributed by atoms with Crippen LogP contribution < -0.4 is 14.8 Å². The first kappa shape index (κ1) is 19.9. The van der Waals surface area contributed by atoms with E-state index in [2.05, 4.69) is 5.32 Å². The summed E-state index contributed by atoms with van der Waals surface area (Å²) in [6.45, 7) is 3.88. The van der Waals surface area contributed by atoms with Gasteiger partial charge in [0.1, 0.15) is 17.3 Å². The number of rotatable bonds is 7. The number of halogens is 1. The zero-order valence-electron chi connectivity index (χ0n) is 16.2. The molecule has 3 rings (SSSR count). The van der Waals surface area contributed by atoms with Crippen LogP contribution in [0.5, 0.6) is 11.5 Å². The van der Waals surface area contributed by atoms with Gasteiger partial charge in [-0.1, -0.05) is 12.1 Å². The number of methoxy groups -OCH3 is 1. The third-order valence-electron chi connectivity index (χ3n) is 4.62. The molecule has 1 heterocycles. The molecule has 0 saturated heterocycles. The largest absolute Gasteiger partial charge is 0.497 e. The predicted octanol–water partition coefficient (Wildman–Crippen LogP) is 3.48. The molecule has 6 nitrogen and oxygen atoms in total. The van der Waals surface area contributed by atoms with Gasteiger partial charge in [-0.25, -0.2) is 9.18 Å². The highest BCUT2D eigenvalue weighted by Crippen LogP contribution is 2.29. The Morgan fingerprint density at radius 1 is 1.29 bits per heavy atom. The number of benzene rings is 2. The second-order valence-corrected chi connectivity index (χ2v) is 6.51. The van der Waals surface area contributed by atoms with Gasteiger partial charge in [0, 0.05) is 25.2 Å². The van der Waals surface area contributed by atoms with Crippen LogP contribution in [0.15, 0.2) is 36.4 Å². The van der Waals surface area contributed by atoms with Gasteiger partial charge in [-0.15, -0.1) is 0 Å². The Hall–Kier alpha value is -2.80. The van der Waals surface area contributed by atoms with Crippen LogP contribution in [0.1, 0.15) is 23.6 Å². The molecule has 0 radical (unpaired) electrons. The number of nitrogens with zero attached hydrogens (tertiary/aromatic N) is 1. The van der Waals surface area contributed by atoms with E-state index in [-0.39, 0.29) is 18.6 Å². The summed E-state index contributed by atoms with van der Waals surface area (Å²) in [5, 5.41) is 2.90. The number of urea groups is 1. The minimum atomic E-state index is -0.330. The molecule has 0 fully saturated rings. The van der Waals surface area contributed by atoms with E-state index >= 15 is 0 Å². The number of fused-ring (bicyclic) bond motifs is 1. The molecule has 2 aromatic rings. The van der Waals surface area contributed by atoms with Crippen molar-refractivity contribution < 1.29 is 23.4 Å². The predicted molar refractivity (Wildman–Crippen MR) is 103 cm³/mol. The summed E-state index contributed by atoms with van der Waals surface area (Å²) in [6, 6.07) is 10.3. The summed E-state index contributed by atoms with van der Waals surface area (Å²) in [7, 11) is 1.62. The lowest BCUT2D eigenvalue weighted by molar-refractivity contribution is -0.0172. The number of ether oxygens (including phenoxy) is 3. The van der Waals surface area contributed by atoms with Gasteiger partial charge < -0.3 is 24.4 Å². The fourth-order valence-corrected chi connectivity index (χ4v) is 3.14. The van der Waals surface area contributed by atoms with E-state index in [0.717, 1.165) is 16.9 Å². The molecule has 1 N–H and O–H groups in total. The molecule has 0 spiro atoms. The van der Waals surface area contributed by atoms with Crippen molar-refractivity contribution in [1.29, 1.82) is 0 Å². The molecule has 7 heteroatoms. The van der Waals surface area contributed by atoms with Gasteiger partial charge in [0.25, 0.3) is 0 Å². The molecular weight excluding hydrogens is 363 g/mol. The minimum Gasteiger partial charge on any atom is -0.497 e. The van der Waals surface area contributed by atoms with Gasteiger partial charge in [0.15, 0.2) is 6.79 Å². The second-order valence-electron chi connectivity index (χ2n) is 6.51. The summed E-state index contributed by atoms with van der Waals surface area (Å²) < 4.78 is 29.7. The van der Waals surface area contributed by atoms with Crippen molar-refractivity contribution in [2.24, 2.45) is 0 Å². The van der Waals surface area contributed by atoms with E-state index in [9.17, 15) is 9.18 Å². The quantitative estimate of drug-likeness (QED) is 0.789. The fraction of sp³-hybridized carbons (Fsp3) is 0.381. The molecule has 1 aliphatic heterocycles. The molecule has 0 bridgehead atoms. The highest BCUT2D eigenvalue weighted by Gasteiger charge is 2.17. The summed E-state index contributed by atoms with van der Waals surface area (Å²) in [5.74, 6) is 1.11. The topological polar surface area (TPSA) is 60.0 Å². The fourth-order valence-electron chi connectivity index (χ4n) is 3.14. The molecule has 0 aromatic heterocycles. The molecular formula is C21H25FN2O4. The normalized spacial score (nSPS) is 12.7. The van der Waals surface area contributed by atoms with E-state index < -0.39 is 0 Å². The van der Waals surface area contributed by atoms with Crippen LogP contribution in [0.3, 0.4) is 0 Å². The molecule has 0 saturated carbocycles. The lowest BCUT2D eigenvalue weighted by Gasteiger charge is -2.23. The number of nitrogens with one attached hydrogen (secondary N) is 1. The standard InChI is InChI=1S/C21H25FN2O4/c1-3-24(12-15-4-6-19(26-2)7-5-15)21(25)23-9-8-16-10-18(22)11-17-13-27-14-28-20(16)17/h4-7,10-11H,3,8-9,12-14H2,1-2H3,(H,23,25). The maximum Gasteiger partial charge on any atom is 0.317 e. The van der Waals surface area contributed by atoms with Crippen molar-refractivity contribution in [3.05, 3.63) is 58.9 Å². The molecule has 1 aliphatic rings. The lowest BCUT2D eigenvalue weighted by atomic mass is 10.1. The van der Waals surface area contributed by atoms with Gasteiger partial charge in [0.2, 0.25) is 0 Å². The van der Waals surface area contributed by atoms with Crippen LogP contribution in [0.25, 0.3) is 0 Å². The van der Waals surface area contributed by atoms with Gasteiger partial charge >= 0.3 is 6.03 Å². The first-order valence-electron chi connectivity index (χ1n) is 9.28. The molecule has 0 atom stereocenters. The van der Waals surface area contributed by atoms with Gasteiger partial charge in [-0.2, -0.15) is 0 Å². The molecule has 2 aromatic carbocycles. The number of amides is 2. The first-order chi connectivity index (χ1) is 13.6. The molecule has 0 unspecified atom stereocenters. The van der Waals surface area contributed by atoms with Crippen LogP contribution in [-0.4, -0.2) is 37.9 Å². The summed E-state index contributed by atoms with van der Waals surface area (Å²) in [5.41, 5.74) is 2.45. The third kappa shape index (κ3) is 4.92. The van der Waals surface area contributed by atoms with Crippen LogP contribution in [0.4, 0.5) is 9.18 Å². The second kappa shape index (κ2) is 9.41. The monoisotopic (exact) mass is 388 g/mol. The van der Waals surface area contributed by atoms with Crippen molar-refractivity contribution >= 4 is 6.03 Å². The van der Waals surface area contributed by atoms with Crippen molar-refractivity contribution in [2.75, 3.05) is 27.0 Å². The maximum absolute atomic E-state index is 13.8. The number of hydrogen-bond acceptors (Lipinski definition) is 4. The van der Waals surface area contributed by atoms with E-state index in [1.54, 1.807) is 12.0 Å². The van der Waals surface area contributed by atoms with Crippen molar-refractivity contribution in [3.63, 3.8) is 0 Å². The summed E-state index contributed by atoms with van der Waals surface area (Å²) in [4.78, 5) is 14.2. The Morgan fingerprint density at radius 2 is 2.07 bits per heavy atom. The van der Waals surface area contributed by atoms with E-state index in [0.29, 0.717) is 44.0 Å². The zero-order valence-corrected chi connectivity index (χ0v) is 16.2. The summed E-state index contributed by atoms with van der Waals surface area (Å²) in [6.07, 6.45) is 0.478. The Balaban J connectivity index is 1.56. The Bertz CT molecular complexity index is 811. The lowest BCUT2D eigenvalue weighted by Crippen LogP contribution is -2.40. The Morgan fingerprint density at radius 3 is 2.79 bits per heavy atom. The van der Waals surface area contributed by atoms with Crippen LogP contribution in [0.2, 0.25) is 0 Å². The van der Waals surface area contributed by atoms with Crippen molar-refractivity contribution in [1.82, 2.24) is 10.2 Å². The van der Waals surface area contributed by atoms with E-state index in [1.165, 1.54) is 12.1 Å². The Kier molecular flexibility index (Phi) is 6.71. The van der Waals surface area contributed by atoms with Gasteiger partial charge in [-0.3, -0.25) is 0 Å². The first-order valence-corrected chi connectivity index (χ1v) is 9.28. The maximum atomic E-state index is 13.8. The Labute approximate surface area is 164 Å². The van der Waals surface area contributed by atoms with Crippen molar-refractivity contribution in [2.45, 2.75) is 26.5 Å². The number of carbonyl (C=O) groups excluding carboxylic acids is 1. The average molecular weight is 388 g/mol. The zero-order chi connectivity index (χ0) is 19.9. The summed E-state index contributed by atoms with van der Waals surface area (Å²) >= 11 is 0. The van der Waals surface area contributed by atoms with E-state index in [4.69, 9.17) is 14.2 Å². The SMILES string of the molecule is CCN(Cc1ccc(OC)cc1)C(=O)NCCc1cc(F)cc2c1OCOC2. The molecule has 150 valence electrons. The molecule has 28 heavy (non-hydrogen) atoms. The van der Waals surface area contributed by atoms with Gasteiger partial charge in [0.05, 0.1) is 13.7 Å². The van der Waals surface area contributed by atoms with Crippen LogP contribution in [-0.2, 0) is 24.3 Å². The van der Waals surface area contributed by atoms with Crippen LogP contribution in [0, 0.1) is 5.82 Å². The highest BCUT2D eigenvalue weighted by molar-refractivity contribution is 5.74. The number of carbonyl (C=O) groups is 1. The highest BCUT2D eigenvalue weighted by atomic mass is 19.1. The molecule has 2 amide bonds. The smallest absolute Gasteiger partial charge is 0.317 e. The van der Waals surface area contributed by atoms with E-state index in [1.807, 2.05) is 31.2 Å². The molecule has 0 aliphatic carbocycles. The van der Waals surface area contributed by atoms with Gasteiger partial charge in [-0.05, 0) is 48.7 Å². The van der Waals surface area contributed by atoms with Crippen molar-refractivity contribution in [3.8, 4) is 11.5 Å². The number of hydrogen-bond donors (Lipinski definition) is 1. The van der Waals surface area contributed by atoms with Crippen LogP contribution >= 0.6 is 0 Å².